The highest BCUT2D eigenvalue weighted by molar-refractivity contribution is 5.25. The summed E-state index contributed by atoms with van der Waals surface area (Å²) in [6.45, 7) is 2.55. The second-order valence-electron chi connectivity index (χ2n) is 3.31. The van der Waals surface area contributed by atoms with Crippen LogP contribution in [0.3, 0.4) is 0 Å². The summed E-state index contributed by atoms with van der Waals surface area (Å²) in [7, 11) is 0. The molecule has 1 heterocycles. The van der Waals surface area contributed by atoms with Crippen LogP contribution in [0, 0.1) is 0 Å². The van der Waals surface area contributed by atoms with E-state index < -0.39 is 0 Å². The van der Waals surface area contributed by atoms with Crippen LogP contribution in [-0.4, -0.2) is 18.0 Å². The number of likely N-dealkylation sites (tertiary alicyclic amines) is 1. The van der Waals surface area contributed by atoms with Gasteiger partial charge in [-0.05, 0) is 31.8 Å². The van der Waals surface area contributed by atoms with E-state index in [0.717, 1.165) is 6.42 Å². The van der Waals surface area contributed by atoms with E-state index >= 15 is 0 Å². The molecule has 1 heteroatoms. The van der Waals surface area contributed by atoms with Gasteiger partial charge in [-0.2, -0.15) is 0 Å². The summed E-state index contributed by atoms with van der Waals surface area (Å²) in [6.07, 6.45) is 12.1. The lowest BCUT2D eigenvalue weighted by atomic mass is 10.1. The third-order valence-corrected chi connectivity index (χ3v) is 2.47. The van der Waals surface area contributed by atoms with Gasteiger partial charge in [-0.15, -0.1) is 0 Å². The van der Waals surface area contributed by atoms with Crippen LogP contribution in [0.25, 0.3) is 0 Å². The Morgan fingerprint density at radius 1 is 1.09 bits per heavy atom. The molecule has 0 saturated carbocycles. The van der Waals surface area contributed by atoms with Crippen LogP contribution in [0.5, 0.6) is 0 Å². The Labute approximate surface area is 68.4 Å². The molecule has 0 N–H and O–H groups in total. The molecule has 0 spiro atoms. The third-order valence-electron chi connectivity index (χ3n) is 2.47. The van der Waals surface area contributed by atoms with Gasteiger partial charge in [0.05, 0.1) is 0 Å². The normalized spacial score (nSPS) is 24.0. The van der Waals surface area contributed by atoms with Crippen molar-refractivity contribution in [1.29, 1.82) is 0 Å². The molecular weight excluding hydrogens is 134 g/mol. The Balaban J connectivity index is 1.97. The highest BCUT2D eigenvalue weighted by Gasteiger charge is 2.11. The molecule has 11 heavy (non-hydrogen) atoms. The second-order valence-corrected chi connectivity index (χ2v) is 3.31. The predicted molar refractivity (Wildman–Crippen MR) is 47.3 cm³/mol. The van der Waals surface area contributed by atoms with Crippen LogP contribution in [-0.2, 0) is 0 Å². The predicted octanol–water partition coefficient (Wildman–Crippen LogP) is 2.32. The molecule has 0 radical (unpaired) electrons. The number of allylic oxidation sites excluding steroid dienone is 3. The Morgan fingerprint density at radius 3 is 2.55 bits per heavy atom. The fraction of sp³-hybridized carbons (Fsp3) is 0.600. The van der Waals surface area contributed by atoms with Crippen LogP contribution in [0.2, 0.25) is 0 Å². The molecule has 0 bridgehead atoms. The number of piperidine rings is 1. The molecule has 60 valence electrons. The topological polar surface area (TPSA) is 3.24 Å². The first-order chi connectivity index (χ1) is 5.47. The van der Waals surface area contributed by atoms with Crippen molar-refractivity contribution in [2.75, 3.05) is 13.1 Å². The van der Waals surface area contributed by atoms with Crippen molar-refractivity contribution >= 4 is 0 Å². The Bertz CT molecular complexity index is 185. The lowest BCUT2D eigenvalue weighted by Gasteiger charge is -2.28. The van der Waals surface area contributed by atoms with E-state index in [0.29, 0.717) is 0 Å². The summed E-state index contributed by atoms with van der Waals surface area (Å²) in [5.41, 5.74) is 1.46. The van der Waals surface area contributed by atoms with Crippen LogP contribution in [0.1, 0.15) is 25.7 Å². The average molecular weight is 149 g/mol. The van der Waals surface area contributed by atoms with Crippen LogP contribution in [0.15, 0.2) is 23.9 Å². The van der Waals surface area contributed by atoms with Gasteiger partial charge < -0.3 is 4.90 Å². The summed E-state index contributed by atoms with van der Waals surface area (Å²) in [4.78, 5) is 2.51. The molecule has 0 aromatic rings. The maximum atomic E-state index is 2.51. The van der Waals surface area contributed by atoms with Gasteiger partial charge in [-0.25, -0.2) is 0 Å². The first kappa shape index (κ1) is 6.96. The van der Waals surface area contributed by atoms with Crippen molar-refractivity contribution in [3.8, 4) is 0 Å². The highest BCUT2D eigenvalue weighted by atomic mass is 15.1. The van der Waals surface area contributed by atoms with E-state index in [1.54, 1.807) is 0 Å². The number of nitrogens with zero attached hydrogens (tertiary/aromatic N) is 1. The van der Waals surface area contributed by atoms with E-state index in [1.807, 2.05) is 0 Å². The molecule has 2 rings (SSSR count). The molecule has 0 amide bonds. The third kappa shape index (κ3) is 1.47. The second kappa shape index (κ2) is 3.12. The van der Waals surface area contributed by atoms with Gasteiger partial charge in [0.15, 0.2) is 0 Å². The summed E-state index contributed by atoms with van der Waals surface area (Å²) in [6, 6.07) is 0. The summed E-state index contributed by atoms with van der Waals surface area (Å²) in [5, 5.41) is 0. The smallest absolute Gasteiger partial charge is 0.0325 e. The van der Waals surface area contributed by atoms with Gasteiger partial charge in [-0.1, -0.05) is 12.2 Å². The van der Waals surface area contributed by atoms with Gasteiger partial charge in [-0.3, -0.25) is 0 Å². The molecule has 1 nitrogen and oxygen atoms in total. The van der Waals surface area contributed by atoms with Crippen molar-refractivity contribution in [3.63, 3.8) is 0 Å². The summed E-state index contributed by atoms with van der Waals surface area (Å²) >= 11 is 0. The minimum absolute atomic E-state index is 1.14. The number of hydrogen-bond donors (Lipinski definition) is 0. The van der Waals surface area contributed by atoms with Crippen molar-refractivity contribution < 1.29 is 0 Å². The van der Waals surface area contributed by atoms with Crippen LogP contribution in [0.4, 0.5) is 0 Å². The first-order valence-corrected chi connectivity index (χ1v) is 4.58. The van der Waals surface area contributed by atoms with Crippen LogP contribution < -0.4 is 0 Å². The average Bonchev–Trinajstić information content (AvgIpc) is 2.58. The SMILES string of the molecule is C1=CC(N2CCCCC2)=CC1. The molecule has 2 aliphatic rings. The zero-order chi connectivity index (χ0) is 7.52. The van der Waals surface area contributed by atoms with Crippen LogP contribution >= 0.6 is 0 Å². The Kier molecular flexibility index (Phi) is 1.97. The number of rotatable bonds is 1. The molecule has 1 saturated heterocycles. The van der Waals surface area contributed by atoms with Crippen molar-refractivity contribution in [1.82, 2.24) is 4.90 Å². The largest absolute Gasteiger partial charge is 0.372 e. The summed E-state index contributed by atoms with van der Waals surface area (Å²) < 4.78 is 0. The van der Waals surface area contributed by atoms with Crippen molar-refractivity contribution in [2.24, 2.45) is 0 Å². The fourth-order valence-electron chi connectivity index (χ4n) is 1.83. The molecule has 0 unspecified atom stereocenters. The van der Waals surface area contributed by atoms with Gasteiger partial charge in [0, 0.05) is 18.8 Å². The Morgan fingerprint density at radius 2 is 1.91 bits per heavy atom. The fourth-order valence-corrected chi connectivity index (χ4v) is 1.83. The minimum Gasteiger partial charge on any atom is -0.372 e. The molecule has 0 aromatic heterocycles. The standard InChI is InChI=1S/C10H15N/c1-4-8-11(9-5-1)10-6-2-3-7-10/h2,6-7H,1,3-5,8-9H2. The van der Waals surface area contributed by atoms with Gasteiger partial charge in [0.2, 0.25) is 0 Å². The van der Waals surface area contributed by atoms with E-state index in [2.05, 4.69) is 23.1 Å². The molecule has 1 aliphatic heterocycles. The lowest BCUT2D eigenvalue weighted by Crippen LogP contribution is -2.27. The minimum atomic E-state index is 1.14. The molecule has 1 fully saturated rings. The quantitative estimate of drug-likeness (QED) is 0.553. The van der Waals surface area contributed by atoms with Crippen molar-refractivity contribution in [3.05, 3.63) is 23.9 Å². The van der Waals surface area contributed by atoms with Gasteiger partial charge in [0.25, 0.3) is 0 Å². The maximum Gasteiger partial charge on any atom is 0.0325 e. The highest BCUT2D eigenvalue weighted by Crippen LogP contribution is 2.19. The first-order valence-electron chi connectivity index (χ1n) is 4.58. The molecule has 1 aliphatic carbocycles. The van der Waals surface area contributed by atoms with Gasteiger partial charge >= 0.3 is 0 Å². The maximum absolute atomic E-state index is 2.51. The Hall–Kier alpha value is -0.720. The zero-order valence-corrected chi connectivity index (χ0v) is 6.92. The zero-order valence-electron chi connectivity index (χ0n) is 6.92. The van der Waals surface area contributed by atoms with E-state index in [1.165, 1.54) is 38.0 Å². The molecular formula is C10H15N. The van der Waals surface area contributed by atoms with E-state index in [-0.39, 0.29) is 0 Å². The van der Waals surface area contributed by atoms with Crippen molar-refractivity contribution in [2.45, 2.75) is 25.7 Å². The molecule has 0 atom stereocenters. The lowest BCUT2D eigenvalue weighted by molar-refractivity contribution is 0.293. The van der Waals surface area contributed by atoms with E-state index in [4.69, 9.17) is 0 Å². The van der Waals surface area contributed by atoms with E-state index in [9.17, 15) is 0 Å². The van der Waals surface area contributed by atoms with Gasteiger partial charge in [0.1, 0.15) is 0 Å². The molecule has 0 aromatic carbocycles. The number of hydrogen-bond acceptors (Lipinski definition) is 1. The summed E-state index contributed by atoms with van der Waals surface area (Å²) in [5.74, 6) is 0. The monoisotopic (exact) mass is 149 g/mol.